The lowest BCUT2D eigenvalue weighted by atomic mass is 9.88. The summed E-state index contributed by atoms with van der Waals surface area (Å²) >= 11 is 1.78. The van der Waals surface area contributed by atoms with E-state index in [1.165, 1.54) is 22.4 Å². The first-order valence-corrected chi connectivity index (χ1v) is 7.74. The zero-order valence-corrected chi connectivity index (χ0v) is 11.8. The van der Waals surface area contributed by atoms with Crippen LogP contribution in [-0.2, 0) is 12.8 Å². The van der Waals surface area contributed by atoms with Crippen LogP contribution in [0.15, 0.2) is 35.7 Å². The van der Waals surface area contributed by atoms with Gasteiger partial charge in [-0.1, -0.05) is 12.1 Å². The summed E-state index contributed by atoms with van der Waals surface area (Å²) < 4.78 is 5.85. The van der Waals surface area contributed by atoms with Crippen molar-refractivity contribution in [1.82, 2.24) is 0 Å². The van der Waals surface area contributed by atoms with Gasteiger partial charge in [-0.05, 0) is 54.0 Å². The van der Waals surface area contributed by atoms with Crippen molar-refractivity contribution in [2.45, 2.75) is 31.7 Å². The van der Waals surface area contributed by atoms with Crippen LogP contribution in [0.3, 0.4) is 0 Å². The molecule has 0 saturated carbocycles. The number of ether oxygens (including phenoxy) is 1. The molecule has 3 rings (SSSR count). The lowest BCUT2D eigenvalue weighted by Gasteiger charge is -2.22. The molecule has 1 unspecified atom stereocenters. The average Bonchev–Trinajstić information content (AvgIpc) is 2.92. The summed E-state index contributed by atoms with van der Waals surface area (Å²) in [5, 5.41) is 2.11. The van der Waals surface area contributed by atoms with Gasteiger partial charge in [0, 0.05) is 17.3 Å². The molecule has 0 aliphatic heterocycles. The summed E-state index contributed by atoms with van der Waals surface area (Å²) in [6, 6.07) is 10.8. The second kappa shape index (κ2) is 5.76. The third-order valence-corrected chi connectivity index (χ3v) is 4.61. The van der Waals surface area contributed by atoms with Crippen molar-refractivity contribution in [1.29, 1.82) is 0 Å². The van der Waals surface area contributed by atoms with E-state index in [1.54, 1.807) is 11.3 Å². The van der Waals surface area contributed by atoms with E-state index in [0.29, 0.717) is 0 Å². The number of fused-ring (bicyclic) bond motifs is 1. The smallest absolute Gasteiger partial charge is 0.119 e. The Morgan fingerprint density at radius 2 is 2.26 bits per heavy atom. The van der Waals surface area contributed by atoms with Gasteiger partial charge in [0.05, 0.1) is 6.61 Å². The van der Waals surface area contributed by atoms with Gasteiger partial charge in [0.1, 0.15) is 5.75 Å². The number of hydrogen-bond acceptors (Lipinski definition) is 3. The van der Waals surface area contributed by atoms with Crippen LogP contribution >= 0.6 is 11.3 Å². The maximum atomic E-state index is 6.12. The summed E-state index contributed by atoms with van der Waals surface area (Å²) in [6.45, 7) is 0.741. The van der Waals surface area contributed by atoms with Gasteiger partial charge >= 0.3 is 0 Å². The van der Waals surface area contributed by atoms with E-state index in [1.807, 2.05) is 0 Å². The van der Waals surface area contributed by atoms with Crippen LogP contribution in [0.25, 0.3) is 0 Å². The van der Waals surface area contributed by atoms with E-state index < -0.39 is 0 Å². The summed E-state index contributed by atoms with van der Waals surface area (Å²) in [5.41, 5.74) is 8.79. The summed E-state index contributed by atoms with van der Waals surface area (Å²) in [5.74, 6) is 0.976. The van der Waals surface area contributed by atoms with Crippen molar-refractivity contribution in [3.63, 3.8) is 0 Å². The van der Waals surface area contributed by atoms with Gasteiger partial charge in [0.15, 0.2) is 0 Å². The van der Waals surface area contributed by atoms with Crippen LogP contribution in [0.4, 0.5) is 0 Å². The molecule has 2 nitrogen and oxygen atoms in total. The van der Waals surface area contributed by atoms with Crippen molar-refractivity contribution < 1.29 is 4.74 Å². The van der Waals surface area contributed by atoms with Crippen LogP contribution in [0, 0.1) is 0 Å². The Morgan fingerprint density at radius 3 is 3.11 bits per heavy atom. The highest BCUT2D eigenvalue weighted by molar-refractivity contribution is 7.09. The highest BCUT2D eigenvalue weighted by Gasteiger charge is 2.16. The second-order valence-electron chi connectivity index (χ2n) is 5.04. The maximum Gasteiger partial charge on any atom is 0.119 e. The number of hydrogen-bond donors (Lipinski definition) is 1. The Labute approximate surface area is 118 Å². The minimum absolute atomic E-state index is 0.212. The van der Waals surface area contributed by atoms with Gasteiger partial charge in [-0.25, -0.2) is 0 Å². The molecule has 0 bridgehead atoms. The average molecular weight is 273 g/mol. The van der Waals surface area contributed by atoms with Crippen LogP contribution < -0.4 is 10.5 Å². The molecule has 1 aliphatic rings. The second-order valence-corrected chi connectivity index (χ2v) is 6.07. The maximum absolute atomic E-state index is 6.12. The van der Waals surface area contributed by atoms with Gasteiger partial charge in [0.25, 0.3) is 0 Å². The van der Waals surface area contributed by atoms with Crippen molar-refractivity contribution in [3.8, 4) is 5.75 Å². The highest BCUT2D eigenvalue weighted by Crippen LogP contribution is 2.30. The molecule has 2 aromatic rings. The van der Waals surface area contributed by atoms with Crippen LogP contribution in [0.2, 0.25) is 0 Å². The molecular weight excluding hydrogens is 254 g/mol. The number of nitrogens with two attached hydrogens (primary N) is 1. The molecule has 1 aromatic carbocycles. The Kier molecular flexibility index (Phi) is 3.85. The molecule has 0 radical (unpaired) electrons. The van der Waals surface area contributed by atoms with Gasteiger partial charge in [0.2, 0.25) is 0 Å². The number of aryl methyl sites for hydroxylation is 1. The van der Waals surface area contributed by atoms with E-state index in [4.69, 9.17) is 10.5 Å². The zero-order chi connectivity index (χ0) is 13.1. The Balaban J connectivity index is 1.62. The summed E-state index contributed by atoms with van der Waals surface area (Å²) in [6.07, 6.45) is 4.40. The van der Waals surface area contributed by atoms with Crippen LogP contribution in [0.5, 0.6) is 5.75 Å². The largest absolute Gasteiger partial charge is 0.493 e. The SMILES string of the molecule is NC1CCCc2cc(OCCc3cccs3)ccc21. The van der Waals surface area contributed by atoms with E-state index >= 15 is 0 Å². The number of thiophene rings is 1. The van der Waals surface area contributed by atoms with Crippen molar-refractivity contribution in [2.75, 3.05) is 6.61 Å². The molecular formula is C16H19NOS. The van der Waals surface area contributed by atoms with Crippen LogP contribution in [-0.4, -0.2) is 6.61 Å². The molecule has 0 spiro atoms. The monoisotopic (exact) mass is 273 g/mol. The quantitative estimate of drug-likeness (QED) is 0.921. The topological polar surface area (TPSA) is 35.2 Å². The van der Waals surface area contributed by atoms with E-state index in [2.05, 4.69) is 35.7 Å². The Morgan fingerprint density at radius 1 is 1.32 bits per heavy atom. The summed E-state index contributed by atoms with van der Waals surface area (Å²) in [4.78, 5) is 1.37. The Bertz CT molecular complexity index is 536. The standard InChI is InChI=1S/C16H19NOS/c17-16-5-1-3-12-11-13(6-7-15(12)16)18-9-8-14-4-2-10-19-14/h2,4,6-7,10-11,16H,1,3,5,8-9,17H2. The summed E-state index contributed by atoms with van der Waals surface area (Å²) in [7, 11) is 0. The molecule has 1 aliphatic carbocycles. The van der Waals surface area contributed by atoms with E-state index in [9.17, 15) is 0 Å². The van der Waals surface area contributed by atoms with Crippen LogP contribution in [0.1, 0.15) is 34.9 Å². The predicted molar refractivity (Wildman–Crippen MR) is 79.8 cm³/mol. The van der Waals surface area contributed by atoms with Gasteiger partial charge in [-0.3, -0.25) is 0 Å². The van der Waals surface area contributed by atoms with Gasteiger partial charge in [-0.15, -0.1) is 11.3 Å². The molecule has 19 heavy (non-hydrogen) atoms. The minimum atomic E-state index is 0.212. The highest BCUT2D eigenvalue weighted by atomic mass is 32.1. The molecule has 0 saturated heterocycles. The predicted octanol–water partition coefficient (Wildman–Crippen LogP) is 3.71. The molecule has 1 atom stereocenters. The van der Waals surface area contributed by atoms with E-state index in [0.717, 1.165) is 31.6 Å². The first-order chi connectivity index (χ1) is 9.33. The van der Waals surface area contributed by atoms with Crippen molar-refractivity contribution in [3.05, 3.63) is 51.7 Å². The van der Waals surface area contributed by atoms with E-state index in [-0.39, 0.29) is 6.04 Å². The third-order valence-electron chi connectivity index (χ3n) is 3.67. The molecule has 0 fully saturated rings. The molecule has 3 heteroatoms. The fraction of sp³-hybridized carbons (Fsp3) is 0.375. The zero-order valence-electron chi connectivity index (χ0n) is 11.0. The number of rotatable bonds is 4. The van der Waals surface area contributed by atoms with Crippen molar-refractivity contribution >= 4 is 11.3 Å². The molecule has 100 valence electrons. The Hall–Kier alpha value is -1.32. The van der Waals surface area contributed by atoms with Gasteiger partial charge < -0.3 is 10.5 Å². The molecule has 0 amide bonds. The molecule has 1 aromatic heterocycles. The van der Waals surface area contributed by atoms with Gasteiger partial charge in [-0.2, -0.15) is 0 Å². The lowest BCUT2D eigenvalue weighted by molar-refractivity contribution is 0.322. The van der Waals surface area contributed by atoms with Crippen molar-refractivity contribution in [2.24, 2.45) is 5.73 Å². The first kappa shape index (κ1) is 12.7. The minimum Gasteiger partial charge on any atom is -0.493 e. The first-order valence-electron chi connectivity index (χ1n) is 6.86. The molecule has 2 N–H and O–H groups in total. The lowest BCUT2D eigenvalue weighted by Crippen LogP contribution is -2.17. The fourth-order valence-corrected chi connectivity index (χ4v) is 3.33. The third kappa shape index (κ3) is 2.99. The number of benzene rings is 1. The molecule has 1 heterocycles. The normalized spacial score (nSPS) is 18.1. The fourth-order valence-electron chi connectivity index (χ4n) is 2.64.